The molecule has 0 spiro atoms. The van der Waals surface area contributed by atoms with Crippen LogP contribution < -0.4 is 10.6 Å². The largest absolute Gasteiger partial charge is 0.373 e. The maximum atomic E-state index is 5.82. The Morgan fingerprint density at radius 2 is 2.06 bits per heavy atom. The Bertz CT molecular complexity index is 389. The van der Waals surface area contributed by atoms with Gasteiger partial charge >= 0.3 is 0 Å². The van der Waals surface area contributed by atoms with E-state index in [9.17, 15) is 0 Å². The molecule has 0 amide bonds. The Hall–Kier alpha value is -0.580. The van der Waals surface area contributed by atoms with Crippen LogP contribution >= 0.6 is 15.9 Å². The Labute approximate surface area is 118 Å². The summed E-state index contributed by atoms with van der Waals surface area (Å²) in [6, 6.07) is 6.35. The summed E-state index contributed by atoms with van der Waals surface area (Å²) in [6.45, 7) is 5.32. The molecule has 1 aromatic rings. The van der Waals surface area contributed by atoms with Crippen molar-refractivity contribution in [3.63, 3.8) is 0 Å². The molecule has 1 aromatic carbocycles. The van der Waals surface area contributed by atoms with Gasteiger partial charge in [-0.15, -0.1) is 0 Å². The predicted molar refractivity (Wildman–Crippen MR) is 81.0 cm³/mol. The number of likely N-dealkylation sites (tertiary alicyclic amines) is 1. The minimum absolute atomic E-state index is 0.586. The van der Waals surface area contributed by atoms with Crippen molar-refractivity contribution >= 4 is 21.6 Å². The first-order valence-electron chi connectivity index (χ1n) is 6.62. The van der Waals surface area contributed by atoms with E-state index in [-0.39, 0.29) is 0 Å². The first kappa shape index (κ1) is 13.8. The van der Waals surface area contributed by atoms with Crippen molar-refractivity contribution in [2.24, 2.45) is 5.73 Å². The maximum Gasteiger partial charge on any atom is 0.0410 e. The first-order valence-corrected chi connectivity index (χ1v) is 7.42. The van der Waals surface area contributed by atoms with Gasteiger partial charge in [0.2, 0.25) is 0 Å². The summed E-state index contributed by atoms with van der Waals surface area (Å²) in [4.78, 5) is 4.85. The van der Waals surface area contributed by atoms with E-state index in [2.05, 4.69) is 51.0 Å². The molecule has 1 saturated heterocycles. The number of benzene rings is 1. The second kappa shape index (κ2) is 6.55. The smallest absolute Gasteiger partial charge is 0.0410 e. The number of likely N-dealkylation sites (N-methyl/N-ethyl adjacent to an activating group) is 1. The summed E-state index contributed by atoms with van der Waals surface area (Å²) < 4.78 is 1.10. The van der Waals surface area contributed by atoms with Gasteiger partial charge in [0.25, 0.3) is 0 Å². The topological polar surface area (TPSA) is 32.5 Å². The van der Waals surface area contributed by atoms with Gasteiger partial charge in [0, 0.05) is 36.8 Å². The van der Waals surface area contributed by atoms with Gasteiger partial charge in [0.05, 0.1) is 0 Å². The number of rotatable bonds is 5. The van der Waals surface area contributed by atoms with E-state index in [0.29, 0.717) is 6.54 Å². The lowest BCUT2D eigenvalue weighted by molar-refractivity contribution is 0.346. The molecule has 1 aliphatic rings. The molecule has 0 radical (unpaired) electrons. The Kier molecular flexibility index (Phi) is 5.03. The van der Waals surface area contributed by atoms with Crippen molar-refractivity contribution in [2.75, 3.05) is 38.1 Å². The highest BCUT2D eigenvalue weighted by molar-refractivity contribution is 9.10. The fraction of sp³-hybridized carbons (Fsp3) is 0.571. The van der Waals surface area contributed by atoms with Gasteiger partial charge in [0.1, 0.15) is 0 Å². The number of hydrogen-bond donors (Lipinski definition) is 1. The lowest BCUT2D eigenvalue weighted by Gasteiger charge is -2.25. The van der Waals surface area contributed by atoms with Gasteiger partial charge in [-0.05, 0) is 49.7 Å². The van der Waals surface area contributed by atoms with Crippen LogP contribution in [-0.4, -0.2) is 38.1 Å². The molecular formula is C14H22BrN3. The van der Waals surface area contributed by atoms with Crippen molar-refractivity contribution in [1.82, 2.24) is 4.90 Å². The van der Waals surface area contributed by atoms with Crippen LogP contribution in [0.1, 0.15) is 18.4 Å². The van der Waals surface area contributed by atoms with Crippen molar-refractivity contribution in [1.29, 1.82) is 0 Å². The third-order valence-electron chi connectivity index (χ3n) is 3.62. The van der Waals surface area contributed by atoms with Gasteiger partial charge in [0.15, 0.2) is 0 Å². The molecule has 1 aliphatic heterocycles. The molecule has 0 unspecified atom stereocenters. The minimum atomic E-state index is 0.586. The van der Waals surface area contributed by atoms with Gasteiger partial charge in [-0.1, -0.05) is 15.9 Å². The number of nitrogens with two attached hydrogens (primary N) is 1. The molecule has 0 atom stereocenters. The first-order chi connectivity index (χ1) is 8.70. The highest BCUT2D eigenvalue weighted by atomic mass is 79.9. The molecule has 0 saturated carbocycles. The van der Waals surface area contributed by atoms with E-state index in [0.717, 1.165) is 17.6 Å². The van der Waals surface area contributed by atoms with Gasteiger partial charge in [-0.25, -0.2) is 0 Å². The summed E-state index contributed by atoms with van der Waals surface area (Å²) in [5.74, 6) is 0. The lowest BCUT2D eigenvalue weighted by atomic mass is 10.1. The molecule has 3 nitrogen and oxygen atoms in total. The molecule has 0 aliphatic carbocycles. The third-order valence-corrected chi connectivity index (χ3v) is 4.12. The quantitative estimate of drug-likeness (QED) is 0.906. The monoisotopic (exact) mass is 311 g/mol. The van der Waals surface area contributed by atoms with Crippen LogP contribution in [-0.2, 0) is 6.54 Å². The van der Waals surface area contributed by atoms with Crippen molar-refractivity contribution in [2.45, 2.75) is 19.4 Å². The molecule has 0 aromatic heterocycles. The normalized spacial score (nSPS) is 16.2. The van der Waals surface area contributed by atoms with E-state index in [1.807, 2.05) is 0 Å². The summed E-state index contributed by atoms with van der Waals surface area (Å²) in [5.41, 5.74) is 8.27. The van der Waals surface area contributed by atoms with Crippen LogP contribution in [0.5, 0.6) is 0 Å². The molecule has 2 rings (SSSR count). The zero-order chi connectivity index (χ0) is 13.0. The lowest BCUT2D eigenvalue weighted by Crippen LogP contribution is -2.32. The molecule has 100 valence electrons. The van der Waals surface area contributed by atoms with Gasteiger partial charge in [-0.2, -0.15) is 0 Å². The molecule has 1 heterocycles. The predicted octanol–water partition coefficient (Wildman–Crippen LogP) is 2.44. The summed E-state index contributed by atoms with van der Waals surface area (Å²) in [7, 11) is 2.15. The maximum absolute atomic E-state index is 5.82. The van der Waals surface area contributed by atoms with E-state index >= 15 is 0 Å². The highest BCUT2D eigenvalue weighted by Crippen LogP contribution is 2.23. The SMILES string of the molecule is CN(CCN1CCCC1)c1ccc(Br)cc1CN. The second-order valence-electron chi connectivity index (χ2n) is 4.95. The van der Waals surface area contributed by atoms with E-state index < -0.39 is 0 Å². The number of anilines is 1. The standard InChI is InChI=1S/C14H22BrN3/c1-17(8-9-18-6-2-3-7-18)14-5-4-13(15)10-12(14)11-16/h4-5,10H,2-3,6-9,11,16H2,1H3. The van der Waals surface area contributed by atoms with Crippen molar-refractivity contribution in [3.05, 3.63) is 28.2 Å². The second-order valence-corrected chi connectivity index (χ2v) is 5.86. The molecular weight excluding hydrogens is 290 g/mol. The van der Waals surface area contributed by atoms with Gasteiger partial charge < -0.3 is 15.5 Å². The average molecular weight is 312 g/mol. The van der Waals surface area contributed by atoms with Crippen molar-refractivity contribution in [3.8, 4) is 0 Å². The Balaban J connectivity index is 1.96. The fourth-order valence-electron chi connectivity index (χ4n) is 2.51. The highest BCUT2D eigenvalue weighted by Gasteiger charge is 2.13. The summed E-state index contributed by atoms with van der Waals surface area (Å²) in [5, 5.41) is 0. The van der Waals surface area contributed by atoms with Crippen LogP contribution in [0.4, 0.5) is 5.69 Å². The molecule has 2 N–H and O–H groups in total. The molecule has 0 bridgehead atoms. The van der Waals surface area contributed by atoms with Gasteiger partial charge in [-0.3, -0.25) is 0 Å². The summed E-state index contributed by atoms with van der Waals surface area (Å²) >= 11 is 3.50. The van der Waals surface area contributed by atoms with Crippen LogP contribution in [0.25, 0.3) is 0 Å². The van der Waals surface area contributed by atoms with Crippen LogP contribution in [0.15, 0.2) is 22.7 Å². The fourth-order valence-corrected chi connectivity index (χ4v) is 2.92. The molecule has 18 heavy (non-hydrogen) atoms. The molecule has 1 fully saturated rings. The summed E-state index contributed by atoms with van der Waals surface area (Å²) in [6.07, 6.45) is 2.71. The van der Waals surface area contributed by atoms with Crippen molar-refractivity contribution < 1.29 is 0 Å². The molecule has 4 heteroatoms. The van der Waals surface area contributed by atoms with E-state index in [1.54, 1.807) is 0 Å². The van der Waals surface area contributed by atoms with E-state index in [4.69, 9.17) is 5.73 Å². The van der Waals surface area contributed by atoms with Crippen LogP contribution in [0, 0.1) is 0 Å². The number of nitrogens with zero attached hydrogens (tertiary/aromatic N) is 2. The van der Waals surface area contributed by atoms with Crippen LogP contribution in [0.3, 0.4) is 0 Å². The minimum Gasteiger partial charge on any atom is -0.373 e. The number of halogens is 1. The average Bonchev–Trinajstić information content (AvgIpc) is 2.88. The van der Waals surface area contributed by atoms with E-state index in [1.165, 1.54) is 37.2 Å². The Morgan fingerprint density at radius 1 is 1.33 bits per heavy atom. The van der Waals surface area contributed by atoms with Crippen LogP contribution in [0.2, 0.25) is 0 Å². The third kappa shape index (κ3) is 3.46. The number of hydrogen-bond acceptors (Lipinski definition) is 3. The zero-order valence-electron chi connectivity index (χ0n) is 11.0. The zero-order valence-corrected chi connectivity index (χ0v) is 12.6. The Morgan fingerprint density at radius 3 is 2.72 bits per heavy atom.